The van der Waals surface area contributed by atoms with Crippen molar-refractivity contribution in [2.24, 2.45) is 11.7 Å². The Kier molecular flexibility index (Phi) is 5.18. The van der Waals surface area contributed by atoms with E-state index in [0.29, 0.717) is 5.69 Å². The maximum Gasteiger partial charge on any atom is 0.343 e. The minimum absolute atomic E-state index is 0.0210. The van der Waals surface area contributed by atoms with E-state index in [2.05, 4.69) is 4.98 Å². The average molecular weight is 347 g/mol. The van der Waals surface area contributed by atoms with Crippen LogP contribution in [0.5, 0.6) is 0 Å². The first-order chi connectivity index (χ1) is 10.7. The van der Waals surface area contributed by atoms with Crippen LogP contribution in [0.4, 0.5) is 4.39 Å². The molecule has 0 saturated heterocycles. The minimum atomic E-state index is -2.52. The average Bonchev–Trinajstić information content (AvgIpc) is 2.99. The van der Waals surface area contributed by atoms with Crippen LogP contribution < -0.4 is 5.73 Å². The molecule has 1 aromatic heterocycles. The zero-order valence-electron chi connectivity index (χ0n) is 12.0. The van der Waals surface area contributed by atoms with Crippen LogP contribution >= 0.6 is 11.6 Å². The highest BCUT2D eigenvalue weighted by Gasteiger charge is 2.70. The summed E-state index contributed by atoms with van der Waals surface area (Å²) in [6.07, 6.45) is -1.36. The fourth-order valence-corrected chi connectivity index (χ4v) is 2.68. The number of nitrogens with two attached hydrogens (primary N) is 1. The van der Waals surface area contributed by atoms with E-state index in [1.165, 1.54) is 0 Å². The van der Waals surface area contributed by atoms with Gasteiger partial charge in [-0.2, -0.15) is 0 Å². The summed E-state index contributed by atoms with van der Waals surface area (Å²) in [5.41, 5.74) is 3.43. The summed E-state index contributed by atoms with van der Waals surface area (Å²) in [6, 6.07) is 3.72. The Bertz CT molecular complexity index is 617. The second-order valence-corrected chi connectivity index (χ2v) is 5.81. The van der Waals surface area contributed by atoms with Crippen molar-refractivity contribution in [2.75, 3.05) is 0 Å². The summed E-state index contributed by atoms with van der Waals surface area (Å²) in [7, 11) is 0. The molecule has 0 spiro atoms. The summed E-state index contributed by atoms with van der Waals surface area (Å²) in [4.78, 5) is 25.8. The topological polar surface area (TPSA) is 123 Å². The first kappa shape index (κ1) is 17.6. The Hall–Kier alpha value is -1.77. The Morgan fingerprint density at radius 3 is 2.70 bits per heavy atom. The highest BCUT2D eigenvalue weighted by molar-refractivity contribution is 6.29. The Morgan fingerprint density at radius 2 is 2.17 bits per heavy atom. The van der Waals surface area contributed by atoms with Crippen molar-refractivity contribution < 1.29 is 28.9 Å². The Labute approximate surface area is 136 Å². The fourth-order valence-electron chi connectivity index (χ4n) is 2.49. The predicted molar refractivity (Wildman–Crippen MR) is 77.6 cm³/mol. The molecular weight excluding hydrogens is 331 g/mol. The number of nitrogens with zero attached hydrogens (tertiary/aromatic N) is 1. The van der Waals surface area contributed by atoms with Crippen LogP contribution in [0.1, 0.15) is 18.5 Å². The molecule has 1 aromatic rings. The molecule has 1 unspecified atom stereocenters. The number of alkyl halides is 1. The number of halogens is 2. The van der Waals surface area contributed by atoms with E-state index in [1.54, 1.807) is 18.2 Å². The fraction of sp³-hybridized carbons (Fsp3) is 0.500. The van der Waals surface area contributed by atoms with Crippen molar-refractivity contribution >= 4 is 23.5 Å². The van der Waals surface area contributed by atoms with Crippen molar-refractivity contribution in [3.8, 4) is 0 Å². The Morgan fingerprint density at radius 1 is 1.48 bits per heavy atom. The van der Waals surface area contributed by atoms with E-state index in [9.17, 15) is 14.0 Å². The van der Waals surface area contributed by atoms with Gasteiger partial charge in [0.1, 0.15) is 5.15 Å². The van der Waals surface area contributed by atoms with Crippen molar-refractivity contribution in [3.63, 3.8) is 0 Å². The lowest BCUT2D eigenvalue weighted by Gasteiger charge is -2.16. The quantitative estimate of drug-likeness (QED) is 0.605. The molecule has 1 fully saturated rings. The molecule has 1 saturated carbocycles. The molecule has 126 valence electrons. The molecule has 1 aliphatic carbocycles. The van der Waals surface area contributed by atoms with Crippen LogP contribution in [-0.4, -0.2) is 45.0 Å². The zero-order valence-corrected chi connectivity index (χ0v) is 12.7. The van der Waals surface area contributed by atoms with Gasteiger partial charge in [0.25, 0.3) is 0 Å². The molecule has 4 atom stereocenters. The standard InChI is InChI=1S/C14H16ClFN2O5/c15-10-3-1-2-7(18-10)6-23-8(5-11(19)20)4-9-12(17)14(9,16)13(21)22/h1-3,8-9,12H,4-6,17H2,(H,19,20)(H,21,22)/t8-,9-,12?,14-/m1/s1. The maximum atomic E-state index is 14.0. The van der Waals surface area contributed by atoms with Crippen LogP contribution in [-0.2, 0) is 20.9 Å². The molecule has 0 radical (unpaired) electrons. The minimum Gasteiger partial charge on any atom is -0.481 e. The molecule has 7 nitrogen and oxygen atoms in total. The van der Waals surface area contributed by atoms with Gasteiger partial charge in [0.05, 0.1) is 30.9 Å². The number of carboxylic acids is 2. The molecule has 0 amide bonds. The number of aromatic nitrogens is 1. The van der Waals surface area contributed by atoms with Crippen molar-refractivity contribution in [1.82, 2.24) is 4.98 Å². The van der Waals surface area contributed by atoms with Crippen LogP contribution in [0.25, 0.3) is 0 Å². The van der Waals surface area contributed by atoms with Crippen molar-refractivity contribution in [3.05, 3.63) is 29.0 Å². The van der Waals surface area contributed by atoms with Gasteiger partial charge in [0, 0.05) is 5.92 Å². The number of hydrogen-bond donors (Lipinski definition) is 3. The number of aliphatic carboxylic acids is 2. The summed E-state index contributed by atoms with van der Waals surface area (Å²) in [5.74, 6) is -3.75. The summed E-state index contributed by atoms with van der Waals surface area (Å²) in [5, 5.41) is 18.0. The first-order valence-corrected chi connectivity index (χ1v) is 7.25. The number of hydrogen-bond acceptors (Lipinski definition) is 5. The SMILES string of the molecule is NC1[C@@H](C[C@H](CC(=O)O)OCc2cccc(Cl)n2)[C@]1(F)C(=O)O. The van der Waals surface area contributed by atoms with Crippen LogP contribution in [0, 0.1) is 5.92 Å². The Balaban J connectivity index is 1.98. The summed E-state index contributed by atoms with van der Waals surface area (Å²) >= 11 is 5.74. The molecule has 0 aliphatic heterocycles. The van der Waals surface area contributed by atoms with E-state index in [0.717, 1.165) is 0 Å². The molecule has 0 bridgehead atoms. The molecule has 4 N–H and O–H groups in total. The number of carboxylic acid groups (broad SMARTS) is 2. The van der Waals surface area contributed by atoms with Gasteiger partial charge in [-0.15, -0.1) is 0 Å². The van der Waals surface area contributed by atoms with Crippen LogP contribution in [0.15, 0.2) is 18.2 Å². The van der Waals surface area contributed by atoms with Gasteiger partial charge in [-0.1, -0.05) is 17.7 Å². The lowest BCUT2D eigenvalue weighted by atomic mass is 10.1. The van der Waals surface area contributed by atoms with Gasteiger partial charge < -0.3 is 20.7 Å². The van der Waals surface area contributed by atoms with Gasteiger partial charge in [0.15, 0.2) is 0 Å². The highest BCUT2D eigenvalue weighted by Crippen LogP contribution is 2.49. The lowest BCUT2D eigenvalue weighted by Crippen LogP contribution is -2.26. The normalized spacial score (nSPS) is 27.4. The van der Waals surface area contributed by atoms with Crippen molar-refractivity contribution in [1.29, 1.82) is 0 Å². The lowest BCUT2D eigenvalue weighted by molar-refractivity contribution is -0.145. The van der Waals surface area contributed by atoms with E-state index in [-0.39, 0.29) is 24.6 Å². The smallest absolute Gasteiger partial charge is 0.343 e. The first-order valence-electron chi connectivity index (χ1n) is 6.87. The van der Waals surface area contributed by atoms with Crippen LogP contribution in [0.3, 0.4) is 0 Å². The predicted octanol–water partition coefficient (Wildman–Crippen LogP) is 1.23. The highest BCUT2D eigenvalue weighted by atomic mass is 35.5. The van der Waals surface area contributed by atoms with E-state index in [4.69, 9.17) is 32.3 Å². The summed E-state index contributed by atoms with van der Waals surface area (Å²) in [6.45, 7) is -0.0210. The van der Waals surface area contributed by atoms with Gasteiger partial charge in [-0.25, -0.2) is 14.2 Å². The monoisotopic (exact) mass is 346 g/mol. The van der Waals surface area contributed by atoms with Crippen molar-refractivity contribution in [2.45, 2.75) is 37.3 Å². The number of carbonyl (C=O) groups is 2. The molecule has 0 aromatic carbocycles. The second kappa shape index (κ2) is 6.77. The number of rotatable bonds is 8. The van der Waals surface area contributed by atoms with Gasteiger partial charge in [0.2, 0.25) is 5.67 Å². The number of ether oxygens (including phenoxy) is 1. The third-order valence-electron chi connectivity index (χ3n) is 3.84. The summed E-state index contributed by atoms with van der Waals surface area (Å²) < 4.78 is 19.5. The molecule has 1 heterocycles. The van der Waals surface area contributed by atoms with Gasteiger partial charge in [-0.3, -0.25) is 4.79 Å². The van der Waals surface area contributed by atoms with Gasteiger partial charge in [-0.05, 0) is 18.6 Å². The molecule has 23 heavy (non-hydrogen) atoms. The van der Waals surface area contributed by atoms with E-state index >= 15 is 0 Å². The third-order valence-corrected chi connectivity index (χ3v) is 4.05. The van der Waals surface area contributed by atoms with Crippen LogP contribution in [0.2, 0.25) is 5.15 Å². The molecule has 1 aliphatic rings. The van der Waals surface area contributed by atoms with E-state index in [1.807, 2.05) is 0 Å². The van der Waals surface area contributed by atoms with Gasteiger partial charge >= 0.3 is 11.9 Å². The largest absolute Gasteiger partial charge is 0.481 e. The molecule has 9 heteroatoms. The second-order valence-electron chi connectivity index (χ2n) is 5.42. The van der Waals surface area contributed by atoms with E-state index < -0.39 is 35.7 Å². The molecular formula is C14H16ClFN2O5. The zero-order chi connectivity index (χ0) is 17.2. The molecule has 2 rings (SSSR count). The number of pyridine rings is 1. The third kappa shape index (κ3) is 3.95. The maximum absolute atomic E-state index is 14.0.